The van der Waals surface area contributed by atoms with E-state index in [1.165, 1.54) is 24.1 Å². The Labute approximate surface area is 98.5 Å². The highest BCUT2D eigenvalue weighted by molar-refractivity contribution is 5.41. The lowest BCUT2D eigenvalue weighted by molar-refractivity contribution is 0.509. The fourth-order valence-corrected chi connectivity index (χ4v) is 2.43. The van der Waals surface area contributed by atoms with Gasteiger partial charge in [-0.1, -0.05) is 26.8 Å². The summed E-state index contributed by atoms with van der Waals surface area (Å²) in [7, 11) is 0. The molecule has 0 fully saturated rings. The summed E-state index contributed by atoms with van der Waals surface area (Å²) in [5.74, 6) is 1.71. The quantitative estimate of drug-likeness (QED) is 0.837. The Morgan fingerprint density at radius 2 is 2.12 bits per heavy atom. The van der Waals surface area contributed by atoms with Gasteiger partial charge in [0.2, 0.25) is 0 Å². The lowest BCUT2D eigenvalue weighted by Crippen LogP contribution is -2.25. The van der Waals surface area contributed by atoms with Gasteiger partial charge < -0.3 is 5.32 Å². The molecular formula is C14H22N2. The maximum atomic E-state index is 4.71. The summed E-state index contributed by atoms with van der Waals surface area (Å²) in [4.78, 5) is 4.71. The largest absolute Gasteiger partial charge is 0.367 e. The predicted molar refractivity (Wildman–Crippen MR) is 68.8 cm³/mol. The van der Waals surface area contributed by atoms with Crippen molar-refractivity contribution in [3.63, 3.8) is 0 Å². The van der Waals surface area contributed by atoms with Crippen LogP contribution in [0.3, 0.4) is 0 Å². The average molecular weight is 218 g/mol. The summed E-state index contributed by atoms with van der Waals surface area (Å²) in [6, 6.07) is 4.91. The standard InChI is InChI=1S/C14H22N2/c1-4-12(10(2)3)15-14-9-8-11-6-5-7-13(11)16-14/h8-10,12H,4-7H2,1-3H3,(H,15,16). The third-order valence-corrected chi connectivity index (χ3v) is 3.51. The Morgan fingerprint density at radius 1 is 1.31 bits per heavy atom. The van der Waals surface area contributed by atoms with Crippen molar-refractivity contribution in [3.05, 3.63) is 23.4 Å². The van der Waals surface area contributed by atoms with Crippen LogP contribution in [0.15, 0.2) is 12.1 Å². The monoisotopic (exact) mass is 218 g/mol. The first kappa shape index (κ1) is 11.4. The summed E-state index contributed by atoms with van der Waals surface area (Å²) in [6.07, 6.45) is 4.79. The number of nitrogens with zero attached hydrogens (tertiary/aromatic N) is 1. The second-order valence-electron chi connectivity index (χ2n) is 5.06. The van der Waals surface area contributed by atoms with Crippen LogP contribution in [-0.2, 0) is 12.8 Å². The van der Waals surface area contributed by atoms with Crippen LogP contribution in [0.5, 0.6) is 0 Å². The van der Waals surface area contributed by atoms with Crippen molar-refractivity contribution in [1.82, 2.24) is 4.98 Å². The van der Waals surface area contributed by atoms with E-state index >= 15 is 0 Å². The molecule has 1 N–H and O–H groups in total. The number of pyridine rings is 1. The topological polar surface area (TPSA) is 24.9 Å². The number of aromatic nitrogens is 1. The molecule has 0 saturated heterocycles. The third-order valence-electron chi connectivity index (χ3n) is 3.51. The van der Waals surface area contributed by atoms with Gasteiger partial charge in [0.25, 0.3) is 0 Å². The van der Waals surface area contributed by atoms with Gasteiger partial charge in [0.15, 0.2) is 0 Å². The number of nitrogens with one attached hydrogen (secondary N) is 1. The summed E-state index contributed by atoms with van der Waals surface area (Å²) < 4.78 is 0. The molecule has 1 aromatic heterocycles. The maximum Gasteiger partial charge on any atom is 0.126 e. The molecule has 0 amide bonds. The van der Waals surface area contributed by atoms with Crippen molar-refractivity contribution in [2.45, 2.75) is 52.5 Å². The molecule has 1 aliphatic rings. The molecule has 1 unspecified atom stereocenters. The second-order valence-corrected chi connectivity index (χ2v) is 5.06. The zero-order chi connectivity index (χ0) is 11.5. The Hall–Kier alpha value is -1.05. The second kappa shape index (κ2) is 4.86. The van der Waals surface area contributed by atoms with E-state index in [2.05, 4.69) is 38.2 Å². The number of rotatable bonds is 4. The number of hydrogen-bond donors (Lipinski definition) is 1. The predicted octanol–water partition coefficient (Wildman–Crippen LogP) is 3.42. The van der Waals surface area contributed by atoms with Crippen molar-refractivity contribution < 1.29 is 0 Å². The van der Waals surface area contributed by atoms with E-state index in [9.17, 15) is 0 Å². The summed E-state index contributed by atoms with van der Waals surface area (Å²) >= 11 is 0. The Bertz CT molecular complexity index is 358. The molecule has 0 aromatic carbocycles. The molecule has 0 saturated carbocycles. The molecule has 2 nitrogen and oxygen atoms in total. The molecular weight excluding hydrogens is 196 g/mol. The van der Waals surface area contributed by atoms with Crippen LogP contribution in [0.1, 0.15) is 44.9 Å². The smallest absolute Gasteiger partial charge is 0.126 e. The molecule has 2 heteroatoms. The van der Waals surface area contributed by atoms with Crippen molar-refractivity contribution in [2.24, 2.45) is 5.92 Å². The molecule has 2 rings (SSSR count). The summed E-state index contributed by atoms with van der Waals surface area (Å²) in [5.41, 5.74) is 2.76. The Kier molecular flexibility index (Phi) is 3.47. The van der Waals surface area contributed by atoms with Crippen molar-refractivity contribution in [1.29, 1.82) is 0 Å². The minimum absolute atomic E-state index is 0.534. The van der Waals surface area contributed by atoms with E-state index in [1.54, 1.807) is 0 Å². The van der Waals surface area contributed by atoms with Gasteiger partial charge in [-0.15, -0.1) is 0 Å². The molecule has 88 valence electrons. The highest BCUT2D eigenvalue weighted by Gasteiger charge is 2.15. The number of aryl methyl sites for hydroxylation is 2. The zero-order valence-corrected chi connectivity index (χ0v) is 10.6. The van der Waals surface area contributed by atoms with E-state index in [0.717, 1.165) is 18.7 Å². The third kappa shape index (κ3) is 2.37. The SMILES string of the molecule is CCC(Nc1ccc2c(n1)CCC2)C(C)C. The average Bonchev–Trinajstić information content (AvgIpc) is 2.72. The van der Waals surface area contributed by atoms with Crippen LogP contribution in [0.4, 0.5) is 5.82 Å². The van der Waals surface area contributed by atoms with Crippen molar-refractivity contribution >= 4 is 5.82 Å². The molecule has 0 bridgehead atoms. The lowest BCUT2D eigenvalue weighted by atomic mass is 10.0. The Balaban J connectivity index is 2.10. The molecule has 1 atom stereocenters. The summed E-state index contributed by atoms with van der Waals surface area (Å²) in [6.45, 7) is 6.74. The maximum absolute atomic E-state index is 4.71. The molecule has 0 radical (unpaired) electrons. The number of hydrogen-bond acceptors (Lipinski definition) is 2. The van der Waals surface area contributed by atoms with Crippen LogP contribution in [0.25, 0.3) is 0 Å². The molecule has 0 spiro atoms. The summed E-state index contributed by atoms with van der Waals surface area (Å²) in [5, 5.41) is 3.55. The minimum Gasteiger partial charge on any atom is -0.367 e. The molecule has 1 heterocycles. The van der Waals surface area contributed by atoms with Gasteiger partial charge in [0, 0.05) is 11.7 Å². The van der Waals surface area contributed by atoms with Gasteiger partial charge in [-0.3, -0.25) is 0 Å². The minimum atomic E-state index is 0.534. The van der Waals surface area contributed by atoms with Crippen LogP contribution >= 0.6 is 0 Å². The Morgan fingerprint density at radius 3 is 2.81 bits per heavy atom. The van der Waals surface area contributed by atoms with E-state index in [0.29, 0.717) is 12.0 Å². The molecule has 0 aliphatic heterocycles. The van der Waals surface area contributed by atoms with E-state index in [1.807, 2.05) is 0 Å². The van der Waals surface area contributed by atoms with E-state index < -0.39 is 0 Å². The zero-order valence-electron chi connectivity index (χ0n) is 10.6. The fourth-order valence-electron chi connectivity index (χ4n) is 2.43. The number of fused-ring (bicyclic) bond motifs is 1. The highest BCUT2D eigenvalue weighted by atomic mass is 15.0. The normalized spacial score (nSPS) is 16.2. The number of anilines is 1. The van der Waals surface area contributed by atoms with Crippen LogP contribution in [-0.4, -0.2) is 11.0 Å². The molecule has 1 aliphatic carbocycles. The highest BCUT2D eigenvalue weighted by Crippen LogP contribution is 2.22. The van der Waals surface area contributed by atoms with E-state index in [4.69, 9.17) is 4.98 Å². The van der Waals surface area contributed by atoms with Crippen LogP contribution < -0.4 is 5.32 Å². The molecule has 16 heavy (non-hydrogen) atoms. The van der Waals surface area contributed by atoms with Crippen molar-refractivity contribution in [3.8, 4) is 0 Å². The molecule has 1 aromatic rings. The van der Waals surface area contributed by atoms with Gasteiger partial charge in [-0.25, -0.2) is 4.98 Å². The van der Waals surface area contributed by atoms with Crippen molar-refractivity contribution in [2.75, 3.05) is 5.32 Å². The fraction of sp³-hybridized carbons (Fsp3) is 0.643. The first-order valence-corrected chi connectivity index (χ1v) is 6.46. The van der Waals surface area contributed by atoms with Crippen LogP contribution in [0.2, 0.25) is 0 Å². The van der Waals surface area contributed by atoms with Gasteiger partial charge in [-0.05, 0) is 43.2 Å². The van der Waals surface area contributed by atoms with Crippen LogP contribution in [0, 0.1) is 5.92 Å². The first-order valence-electron chi connectivity index (χ1n) is 6.46. The van der Waals surface area contributed by atoms with Gasteiger partial charge in [0.05, 0.1) is 0 Å². The van der Waals surface area contributed by atoms with Gasteiger partial charge >= 0.3 is 0 Å². The van der Waals surface area contributed by atoms with E-state index in [-0.39, 0.29) is 0 Å². The van der Waals surface area contributed by atoms with Gasteiger partial charge in [-0.2, -0.15) is 0 Å². The van der Waals surface area contributed by atoms with Gasteiger partial charge in [0.1, 0.15) is 5.82 Å². The first-order chi connectivity index (χ1) is 7.70. The lowest BCUT2D eigenvalue weighted by Gasteiger charge is -2.21.